The number of carbonyl (C=O) groups is 5. The molecule has 27 heteroatoms. The fourth-order valence-electron chi connectivity index (χ4n) is 8.50. The highest BCUT2D eigenvalue weighted by Gasteiger charge is 2.56. The lowest BCUT2D eigenvalue weighted by Crippen LogP contribution is -2.70. The van der Waals surface area contributed by atoms with E-state index in [0.29, 0.717) is 5.56 Å². The summed E-state index contributed by atoms with van der Waals surface area (Å²) in [5, 5.41) is 68.8. The second-order valence-electron chi connectivity index (χ2n) is 21.5. The number of likely N-dealkylation sites (N-methyl/N-ethyl adjacent to an activating group) is 1. The van der Waals surface area contributed by atoms with Gasteiger partial charge in [-0.15, -0.1) is 0 Å². The van der Waals surface area contributed by atoms with E-state index in [1.54, 1.807) is 68.4 Å². The van der Waals surface area contributed by atoms with E-state index in [0.717, 1.165) is 4.90 Å². The molecule has 0 bridgehead atoms. The van der Waals surface area contributed by atoms with Crippen LogP contribution in [0.15, 0.2) is 41.1 Å². The first kappa shape index (κ1) is 60.3. The highest BCUT2D eigenvalue weighted by atomic mass is 16.7. The summed E-state index contributed by atoms with van der Waals surface area (Å²) in [7, 11) is 1.29. The maximum atomic E-state index is 13.9. The zero-order chi connectivity index (χ0) is 55.7. The molecule has 2 fully saturated rings. The van der Waals surface area contributed by atoms with Crippen LogP contribution in [-0.4, -0.2) is 177 Å². The molecular weight excluding hydrogens is 979 g/mol. The maximum absolute atomic E-state index is 13.9. The van der Waals surface area contributed by atoms with Crippen LogP contribution in [0, 0.1) is 16.0 Å². The minimum atomic E-state index is -1.90. The predicted octanol–water partition coefficient (Wildman–Crippen LogP) is 1.26. The first-order valence-corrected chi connectivity index (χ1v) is 24.0. The predicted molar refractivity (Wildman–Crippen MR) is 262 cm³/mol. The molecule has 1 unspecified atom stereocenters. The van der Waals surface area contributed by atoms with Gasteiger partial charge in [0, 0.05) is 37.7 Å². The Bertz CT molecular complexity index is 2190. The smallest absolute Gasteiger partial charge is 0.410 e. The van der Waals surface area contributed by atoms with Crippen molar-refractivity contribution < 1.29 is 82.5 Å². The summed E-state index contributed by atoms with van der Waals surface area (Å²) in [6, 6.07) is 0.344. The third kappa shape index (κ3) is 18.0. The first-order chi connectivity index (χ1) is 34.1. The molecule has 1 aliphatic carbocycles. The number of hydrogen-bond acceptors (Lipinski definition) is 19. The van der Waals surface area contributed by atoms with Gasteiger partial charge in [0.05, 0.1) is 42.3 Å². The molecule has 1 aromatic rings. The maximum Gasteiger partial charge on any atom is 0.410 e. The average Bonchev–Trinajstić information content (AvgIpc) is 3.25. The topological polar surface area (TPSA) is 390 Å². The van der Waals surface area contributed by atoms with Gasteiger partial charge in [-0.05, 0) is 112 Å². The van der Waals surface area contributed by atoms with Gasteiger partial charge in [-0.25, -0.2) is 24.2 Å². The van der Waals surface area contributed by atoms with Crippen LogP contribution in [0.5, 0.6) is 0 Å². The van der Waals surface area contributed by atoms with Crippen molar-refractivity contribution in [3.8, 4) is 0 Å². The van der Waals surface area contributed by atoms with Gasteiger partial charge in [-0.1, -0.05) is 0 Å². The molecule has 74 heavy (non-hydrogen) atoms. The van der Waals surface area contributed by atoms with E-state index in [-0.39, 0.29) is 56.4 Å². The number of nitrogens with zero attached hydrogens (tertiary/aromatic N) is 3. The van der Waals surface area contributed by atoms with E-state index in [4.69, 9.17) is 44.6 Å². The minimum Gasteiger partial charge on any atom is -0.490 e. The Morgan fingerprint density at radius 1 is 0.905 bits per heavy atom. The van der Waals surface area contributed by atoms with Crippen molar-refractivity contribution in [1.82, 2.24) is 26.2 Å². The summed E-state index contributed by atoms with van der Waals surface area (Å²) < 4.78 is 40.4. The molecule has 27 nitrogen and oxygen atoms in total. The van der Waals surface area contributed by atoms with Crippen molar-refractivity contribution in [1.29, 1.82) is 0 Å². The van der Waals surface area contributed by atoms with E-state index in [2.05, 4.69) is 26.3 Å². The first-order valence-electron chi connectivity index (χ1n) is 24.0. The summed E-state index contributed by atoms with van der Waals surface area (Å²) in [6.07, 6.45) is -12.8. The van der Waals surface area contributed by atoms with Gasteiger partial charge in [0.15, 0.2) is 12.2 Å². The van der Waals surface area contributed by atoms with Crippen molar-refractivity contribution >= 4 is 41.9 Å². The average molecular weight is 1050 g/mol. The zero-order valence-electron chi connectivity index (χ0n) is 43.7. The number of alkyl carbamates (subject to hydrolysis) is 3. The van der Waals surface area contributed by atoms with Gasteiger partial charge >= 0.3 is 24.4 Å². The lowest BCUT2D eigenvalue weighted by atomic mass is 9.72. The van der Waals surface area contributed by atoms with Crippen molar-refractivity contribution in [2.75, 3.05) is 26.7 Å². The van der Waals surface area contributed by atoms with E-state index >= 15 is 0 Å². The monoisotopic (exact) mass is 1050 g/mol. The summed E-state index contributed by atoms with van der Waals surface area (Å²) in [4.78, 5) is 81.9. The fraction of sp³-hybridized carbons (Fsp3) is 0.702. The number of amides is 5. The number of nitro benzene ring substituents is 1. The Hall–Kier alpha value is -6.26. The van der Waals surface area contributed by atoms with Crippen molar-refractivity contribution in [2.45, 2.75) is 178 Å². The number of ether oxygens (including phenoxy) is 7. The number of aliphatic imine (C=N–C) groups is 1. The van der Waals surface area contributed by atoms with Crippen LogP contribution < -0.4 is 32.7 Å². The van der Waals surface area contributed by atoms with Crippen LogP contribution in [-0.2, 0) is 44.6 Å². The molecule has 416 valence electrons. The second-order valence-corrected chi connectivity index (χ2v) is 21.5. The lowest BCUT2D eigenvalue weighted by molar-refractivity contribution is -0.384. The molecule has 2 heterocycles. The summed E-state index contributed by atoms with van der Waals surface area (Å²) in [5.41, 5.74) is 7.39. The van der Waals surface area contributed by atoms with Gasteiger partial charge in [0.25, 0.3) is 5.69 Å². The number of nitrogens with two attached hydrogens (primary N) is 2. The quantitative estimate of drug-likeness (QED) is 0.0366. The van der Waals surface area contributed by atoms with Crippen LogP contribution in [0.3, 0.4) is 0 Å². The number of guanidine groups is 1. The van der Waals surface area contributed by atoms with Crippen LogP contribution in [0.4, 0.5) is 24.9 Å². The minimum absolute atomic E-state index is 0.0349. The molecular formula is C47H75N9O18. The van der Waals surface area contributed by atoms with Gasteiger partial charge in [-0.2, -0.15) is 0 Å². The molecule has 0 spiro atoms. The van der Waals surface area contributed by atoms with Gasteiger partial charge < -0.3 is 91.2 Å². The number of non-ortho nitro benzene ring substituents is 1. The molecule has 12 N–H and O–H groups in total. The highest BCUT2D eigenvalue weighted by Crippen LogP contribution is 2.39. The summed E-state index contributed by atoms with van der Waals surface area (Å²) >= 11 is 0. The molecule has 0 radical (unpaired) electrons. The number of nitro groups is 1. The van der Waals surface area contributed by atoms with Gasteiger partial charge in [-0.3, -0.25) is 14.9 Å². The number of aliphatic hydroxyl groups is 4. The van der Waals surface area contributed by atoms with Crippen LogP contribution in [0.1, 0.15) is 94.1 Å². The summed E-state index contributed by atoms with van der Waals surface area (Å²) in [5.74, 6) is -2.58. The zero-order valence-corrected chi connectivity index (χ0v) is 43.7. The largest absolute Gasteiger partial charge is 0.490 e. The third-order valence-corrected chi connectivity index (χ3v) is 11.6. The molecule has 0 aromatic heterocycles. The van der Waals surface area contributed by atoms with Crippen molar-refractivity contribution in [3.63, 3.8) is 0 Å². The molecule has 12 atom stereocenters. The van der Waals surface area contributed by atoms with Crippen LogP contribution in [0.2, 0.25) is 0 Å². The molecule has 3 aliphatic rings. The number of nitrogens with one attached hydrogen (secondary N) is 4. The Morgan fingerprint density at radius 3 is 2.09 bits per heavy atom. The number of carbonyl (C=O) groups excluding carboxylic acids is 5. The highest BCUT2D eigenvalue weighted by molar-refractivity contribution is 5.81. The Balaban J connectivity index is 1.72. The SMILES string of the molecule is CN(C(=O)OC(C)(C)C)[C@@H]1[C@@H](O)[C@@H](O[C@H]2[C@H](NC(=O)[C@@H](O)CCNC(=O)OC(C)(C)C)C[C@H](NC(=O)OC(C)(C)C)C([C@H]3OC(CNC(=O)OCc4ccc([N+](=O)[O-])cc4)=CC[C@H]3N=C(N)N)[C@@H]2O)OC[C@]1(C)O. The molecule has 2 aliphatic heterocycles. The molecule has 1 aromatic carbocycles. The number of rotatable bonds is 16. The molecule has 1 saturated heterocycles. The normalized spacial score (nSPS) is 27.6. The van der Waals surface area contributed by atoms with Gasteiger partial charge in [0.1, 0.15) is 59.2 Å². The van der Waals surface area contributed by atoms with Crippen LogP contribution >= 0.6 is 0 Å². The Morgan fingerprint density at radius 2 is 1.51 bits per heavy atom. The molecule has 5 amide bonds. The van der Waals surface area contributed by atoms with Crippen molar-refractivity contribution in [3.05, 3.63) is 51.8 Å². The van der Waals surface area contributed by atoms with E-state index in [1.807, 2.05) is 0 Å². The van der Waals surface area contributed by atoms with E-state index in [1.165, 1.54) is 38.2 Å². The van der Waals surface area contributed by atoms with Crippen molar-refractivity contribution in [2.24, 2.45) is 22.4 Å². The summed E-state index contributed by atoms with van der Waals surface area (Å²) in [6.45, 7) is 14.8. The van der Waals surface area contributed by atoms with E-state index < -0.39 is 131 Å². The Labute approximate surface area is 429 Å². The number of hydrogen-bond donors (Lipinski definition) is 10. The van der Waals surface area contributed by atoms with Crippen LogP contribution in [0.25, 0.3) is 0 Å². The number of benzene rings is 1. The van der Waals surface area contributed by atoms with E-state index in [9.17, 15) is 54.5 Å². The Kier molecular flexibility index (Phi) is 20.2. The molecule has 4 rings (SSSR count). The number of aliphatic hydroxyl groups excluding tert-OH is 3. The van der Waals surface area contributed by atoms with Gasteiger partial charge in [0.2, 0.25) is 5.91 Å². The fourth-order valence-corrected chi connectivity index (χ4v) is 8.50. The standard InChI is InChI=1S/C47H75N9O18/c1-44(2,3)72-41(62)50-19-18-30(57)37(60)52-29-20-28(54-42(63)73-45(4,5)6)31(32(58)35(29)71-38-33(59)36(47(10,65)23-69-38)55(11)43(64)74-46(7,8)9)34-27(53-39(48)49)17-16-26(70-34)21-51-40(61)68-22-24-12-14-25(15-13-24)56(66)67/h12-16,27-36,38,57-59,65H,17-23H2,1-11H3,(H,50,62)(H,51,61)(H,52,60)(H,54,63)(H4,48,49,53)/t27-,28+,29-,30+,31?,32+,33-,34+,35+,36-,38-,47+/m1/s1. The second kappa shape index (κ2) is 24.8. The lowest BCUT2D eigenvalue weighted by Gasteiger charge is -2.52. The third-order valence-electron chi connectivity index (χ3n) is 11.6. The molecule has 1 saturated carbocycles.